The fourth-order valence-electron chi connectivity index (χ4n) is 3.17. The molecule has 150 valence electrons. The highest BCUT2D eigenvalue weighted by atomic mass is 19.4. The standard InChI is InChI=1S/C16H22F3N5O3/c1-10-2-4-11(5-3-10)12(8-24(27)9-25)14(26)22-23-15-20-7-6-13(21-15)16(17,18)19/h6-7,9-12,27H,2-5,8H2,1H3,(H,22,26)(H,20,21,23). The van der Waals surface area contributed by atoms with Crippen LogP contribution in [0.4, 0.5) is 19.1 Å². The Morgan fingerprint density at radius 1 is 1.41 bits per heavy atom. The van der Waals surface area contributed by atoms with Crippen LogP contribution in [0.5, 0.6) is 0 Å². The highest BCUT2D eigenvalue weighted by Crippen LogP contribution is 2.33. The van der Waals surface area contributed by atoms with Crippen molar-refractivity contribution in [1.29, 1.82) is 0 Å². The number of anilines is 1. The summed E-state index contributed by atoms with van der Waals surface area (Å²) < 4.78 is 38.0. The smallest absolute Gasteiger partial charge is 0.286 e. The van der Waals surface area contributed by atoms with Crippen molar-refractivity contribution >= 4 is 18.3 Å². The van der Waals surface area contributed by atoms with E-state index in [2.05, 4.69) is 27.7 Å². The molecule has 1 saturated carbocycles. The largest absolute Gasteiger partial charge is 0.433 e. The van der Waals surface area contributed by atoms with Crippen LogP contribution in [0.25, 0.3) is 0 Å². The summed E-state index contributed by atoms with van der Waals surface area (Å²) in [6, 6.07) is 0.715. The molecule has 2 rings (SSSR count). The van der Waals surface area contributed by atoms with E-state index in [4.69, 9.17) is 0 Å². The third-order valence-electron chi connectivity index (χ3n) is 4.72. The minimum absolute atomic E-state index is 0.0555. The number of amides is 2. The molecule has 2 amide bonds. The number of carbonyl (C=O) groups excluding carboxylic acids is 2. The first kappa shape index (κ1) is 20.9. The van der Waals surface area contributed by atoms with Crippen molar-refractivity contribution < 1.29 is 28.0 Å². The van der Waals surface area contributed by atoms with Gasteiger partial charge in [-0.15, -0.1) is 0 Å². The molecule has 3 N–H and O–H groups in total. The van der Waals surface area contributed by atoms with Gasteiger partial charge in [0, 0.05) is 6.20 Å². The highest BCUT2D eigenvalue weighted by Gasteiger charge is 2.34. The Morgan fingerprint density at radius 3 is 2.67 bits per heavy atom. The van der Waals surface area contributed by atoms with Crippen LogP contribution in [-0.2, 0) is 15.8 Å². The quantitative estimate of drug-likeness (QED) is 0.375. The van der Waals surface area contributed by atoms with Crippen LogP contribution in [0.15, 0.2) is 12.3 Å². The second-order valence-corrected chi connectivity index (χ2v) is 6.73. The molecule has 8 nitrogen and oxygen atoms in total. The lowest BCUT2D eigenvalue weighted by Gasteiger charge is -2.32. The molecule has 11 heteroatoms. The van der Waals surface area contributed by atoms with E-state index in [0.717, 1.165) is 31.9 Å². The number of rotatable bonds is 7. The first-order chi connectivity index (χ1) is 12.7. The minimum Gasteiger partial charge on any atom is -0.286 e. The molecule has 1 fully saturated rings. The van der Waals surface area contributed by atoms with Gasteiger partial charge in [0.2, 0.25) is 18.3 Å². The summed E-state index contributed by atoms with van der Waals surface area (Å²) in [4.78, 5) is 30.2. The zero-order chi connectivity index (χ0) is 20.0. The molecule has 0 spiro atoms. The fourth-order valence-corrected chi connectivity index (χ4v) is 3.17. The maximum Gasteiger partial charge on any atom is 0.433 e. The van der Waals surface area contributed by atoms with Crippen molar-refractivity contribution in [1.82, 2.24) is 20.5 Å². The summed E-state index contributed by atoms with van der Waals surface area (Å²) in [5.74, 6) is -1.20. The Bertz CT molecular complexity index is 650. The Labute approximate surface area is 154 Å². The summed E-state index contributed by atoms with van der Waals surface area (Å²) in [7, 11) is 0. The van der Waals surface area contributed by atoms with Crippen molar-refractivity contribution in [2.24, 2.45) is 17.8 Å². The molecule has 1 aromatic heterocycles. The topological polar surface area (TPSA) is 107 Å². The Kier molecular flexibility index (Phi) is 6.94. The molecule has 1 heterocycles. The van der Waals surface area contributed by atoms with Gasteiger partial charge in [-0.1, -0.05) is 19.8 Å². The summed E-state index contributed by atoms with van der Waals surface area (Å²) in [6.07, 6.45) is -0.151. The molecule has 1 aliphatic carbocycles. The van der Waals surface area contributed by atoms with Gasteiger partial charge in [-0.3, -0.25) is 25.6 Å². The molecular formula is C16H22F3N5O3. The second kappa shape index (κ2) is 8.98. The van der Waals surface area contributed by atoms with Gasteiger partial charge in [0.15, 0.2) is 0 Å². The number of halogens is 3. The number of nitrogens with zero attached hydrogens (tertiary/aromatic N) is 3. The predicted octanol–water partition coefficient (Wildman–Crippen LogP) is 2.23. The number of nitrogens with one attached hydrogen (secondary N) is 2. The Hall–Kier alpha value is -2.43. The number of carbonyl (C=O) groups is 2. The van der Waals surface area contributed by atoms with Crippen LogP contribution >= 0.6 is 0 Å². The van der Waals surface area contributed by atoms with Crippen LogP contribution in [-0.4, -0.2) is 39.1 Å². The van der Waals surface area contributed by atoms with E-state index in [1.54, 1.807) is 0 Å². The van der Waals surface area contributed by atoms with Gasteiger partial charge in [-0.2, -0.15) is 13.2 Å². The van der Waals surface area contributed by atoms with Crippen LogP contribution in [0, 0.1) is 17.8 Å². The molecule has 1 aromatic rings. The van der Waals surface area contributed by atoms with E-state index >= 15 is 0 Å². The lowest BCUT2D eigenvalue weighted by Crippen LogP contribution is -2.44. The second-order valence-electron chi connectivity index (χ2n) is 6.73. The van der Waals surface area contributed by atoms with Crippen LogP contribution < -0.4 is 10.9 Å². The zero-order valence-corrected chi connectivity index (χ0v) is 14.7. The zero-order valence-electron chi connectivity index (χ0n) is 14.7. The van der Waals surface area contributed by atoms with Crippen LogP contribution in [0.1, 0.15) is 38.3 Å². The van der Waals surface area contributed by atoms with Gasteiger partial charge in [0.1, 0.15) is 5.69 Å². The van der Waals surface area contributed by atoms with Crippen LogP contribution in [0.3, 0.4) is 0 Å². The molecule has 0 radical (unpaired) electrons. The van der Waals surface area contributed by atoms with Crippen molar-refractivity contribution in [2.75, 3.05) is 12.0 Å². The summed E-state index contributed by atoms with van der Waals surface area (Å²) in [5, 5.41) is 9.88. The third-order valence-corrected chi connectivity index (χ3v) is 4.72. The first-order valence-electron chi connectivity index (χ1n) is 8.57. The molecular weight excluding hydrogens is 367 g/mol. The third kappa shape index (κ3) is 6.05. The molecule has 1 atom stereocenters. The molecule has 0 aromatic carbocycles. The summed E-state index contributed by atoms with van der Waals surface area (Å²) >= 11 is 0. The molecule has 0 aliphatic heterocycles. The van der Waals surface area contributed by atoms with Gasteiger partial charge in [-0.05, 0) is 30.7 Å². The lowest BCUT2D eigenvalue weighted by atomic mass is 9.76. The van der Waals surface area contributed by atoms with Crippen molar-refractivity contribution in [3.05, 3.63) is 18.0 Å². The molecule has 1 unspecified atom stereocenters. The van der Waals surface area contributed by atoms with Crippen molar-refractivity contribution in [2.45, 2.75) is 38.8 Å². The SMILES string of the molecule is CC1CCC(C(CN(O)C=O)C(=O)NNc2nccc(C(F)(F)F)n2)CC1. The van der Waals surface area contributed by atoms with E-state index < -0.39 is 29.6 Å². The van der Waals surface area contributed by atoms with E-state index in [9.17, 15) is 28.0 Å². The normalized spacial score (nSPS) is 21.2. The average Bonchev–Trinajstić information content (AvgIpc) is 2.64. The van der Waals surface area contributed by atoms with Gasteiger partial charge in [0.05, 0.1) is 12.5 Å². The van der Waals surface area contributed by atoms with E-state index in [1.165, 1.54) is 0 Å². The monoisotopic (exact) mass is 389 g/mol. The van der Waals surface area contributed by atoms with Gasteiger partial charge in [0.25, 0.3) is 0 Å². The van der Waals surface area contributed by atoms with Gasteiger partial charge >= 0.3 is 6.18 Å². The summed E-state index contributed by atoms with van der Waals surface area (Å²) in [6.45, 7) is 1.90. The van der Waals surface area contributed by atoms with Crippen LogP contribution in [0.2, 0.25) is 0 Å². The Morgan fingerprint density at radius 2 is 2.07 bits per heavy atom. The van der Waals surface area contributed by atoms with Gasteiger partial charge < -0.3 is 0 Å². The average molecular weight is 389 g/mol. The Balaban J connectivity index is 2.03. The number of aromatic nitrogens is 2. The number of hydroxylamine groups is 2. The number of hydrogen-bond donors (Lipinski definition) is 3. The number of hydrazine groups is 1. The molecule has 0 bridgehead atoms. The van der Waals surface area contributed by atoms with Crippen molar-refractivity contribution in [3.8, 4) is 0 Å². The number of alkyl halides is 3. The maximum atomic E-state index is 12.7. The maximum absolute atomic E-state index is 12.7. The minimum atomic E-state index is -4.63. The van der Waals surface area contributed by atoms with E-state index in [0.29, 0.717) is 17.0 Å². The van der Waals surface area contributed by atoms with Gasteiger partial charge in [-0.25, -0.2) is 15.0 Å². The molecule has 27 heavy (non-hydrogen) atoms. The van der Waals surface area contributed by atoms with Crippen molar-refractivity contribution in [3.63, 3.8) is 0 Å². The van der Waals surface area contributed by atoms with E-state index in [1.807, 2.05) is 0 Å². The fraction of sp³-hybridized carbons (Fsp3) is 0.625. The first-order valence-corrected chi connectivity index (χ1v) is 8.57. The predicted molar refractivity (Wildman–Crippen MR) is 88.0 cm³/mol. The number of hydrogen-bond acceptors (Lipinski definition) is 6. The van der Waals surface area contributed by atoms with E-state index in [-0.39, 0.29) is 18.9 Å². The lowest BCUT2D eigenvalue weighted by molar-refractivity contribution is -0.156. The highest BCUT2D eigenvalue weighted by molar-refractivity contribution is 5.80. The molecule has 1 aliphatic rings. The molecule has 0 saturated heterocycles. The summed E-state index contributed by atoms with van der Waals surface area (Å²) in [5.41, 5.74) is 3.40.